The van der Waals surface area contributed by atoms with Gasteiger partial charge in [0.2, 0.25) is 11.7 Å². The fourth-order valence-electron chi connectivity index (χ4n) is 2.38. The Labute approximate surface area is 111 Å². The Balaban J connectivity index is 1.90. The molecule has 3 rings (SSSR count). The highest BCUT2D eigenvalue weighted by Crippen LogP contribution is 2.29. The molecule has 2 atom stereocenters. The number of halogens is 1. The second kappa shape index (κ2) is 4.74. The van der Waals surface area contributed by atoms with Gasteiger partial charge in [-0.3, -0.25) is 0 Å². The largest absolute Gasteiger partial charge is 0.337 e. The molecule has 1 aliphatic rings. The van der Waals surface area contributed by atoms with E-state index in [0.29, 0.717) is 28.8 Å². The van der Waals surface area contributed by atoms with Gasteiger partial charge in [0, 0.05) is 5.56 Å². The summed E-state index contributed by atoms with van der Waals surface area (Å²) in [5, 5.41) is 7.28. The standard InChI is InChI=1S/C14H16FN3O/c1-8-3-4-10(7-11(8)15)13-17-14(19-18-13)12-9(2)5-6-16-12/h3-4,7,9,12,16H,5-6H2,1-2H3. The highest BCUT2D eigenvalue weighted by Gasteiger charge is 2.29. The maximum atomic E-state index is 13.5. The van der Waals surface area contributed by atoms with Crippen LogP contribution in [0.1, 0.15) is 30.8 Å². The van der Waals surface area contributed by atoms with E-state index < -0.39 is 0 Å². The van der Waals surface area contributed by atoms with Gasteiger partial charge in [-0.15, -0.1) is 0 Å². The average Bonchev–Trinajstić information content (AvgIpc) is 3.01. The number of hydrogen-bond donors (Lipinski definition) is 1. The highest BCUT2D eigenvalue weighted by atomic mass is 19.1. The lowest BCUT2D eigenvalue weighted by Crippen LogP contribution is -2.16. The van der Waals surface area contributed by atoms with Crippen molar-refractivity contribution < 1.29 is 8.91 Å². The molecule has 0 amide bonds. The van der Waals surface area contributed by atoms with Crippen LogP contribution in [-0.4, -0.2) is 16.7 Å². The second-order valence-electron chi connectivity index (χ2n) is 5.12. The van der Waals surface area contributed by atoms with Crippen molar-refractivity contribution >= 4 is 0 Å². The maximum Gasteiger partial charge on any atom is 0.244 e. The van der Waals surface area contributed by atoms with Crippen molar-refractivity contribution in [2.24, 2.45) is 5.92 Å². The molecular formula is C14H16FN3O. The van der Waals surface area contributed by atoms with Crippen molar-refractivity contribution in [2.75, 3.05) is 6.54 Å². The molecular weight excluding hydrogens is 245 g/mol. The van der Waals surface area contributed by atoms with E-state index in [4.69, 9.17) is 4.52 Å². The van der Waals surface area contributed by atoms with Crippen molar-refractivity contribution in [3.8, 4) is 11.4 Å². The third-order valence-electron chi connectivity index (χ3n) is 3.67. The van der Waals surface area contributed by atoms with Crippen LogP contribution in [0.4, 0.5) is 4.39 Å². The number of aryl methyl sites for hydroxylation is 1. The van der Waals surface area contributed by atoms with Gasteiger partial charge in [-0.1, -0.05) is 24.2 Å². The SMILES string of the molecule is Cc1ccc(-c2noc(C3NCCC3C)n2)cc1F. The van der Waals surface area contributed by atoms with Crippen LogP contribution in [0, 0.1) is 18.7 Å². The van der Waals surface area contributed by atoms with Gasteiger partial charge in [0.25, 0.3) is 0 Å². The predicted octanol–water partition coefficient (Wildman–Crippen LogP) is 2.85. The normalized spacial score (nSPS) is 22.9. The Morgan fingerprint density at radius 3 is 2.95 bits per heavy atom. The van der Waals surface area contributed by atoms with Gasteiger partial charge in [0.05, 0.1) is 6.04 Å². The lowest BCUT2D eigenvalue weighted by Gasteiger charge is -2.09. The minimum Gasteiger partial charge on any atom is -0.337 e. The van der Waals surface area contributed by atoms with E-state index >= 15 is 0 Å². The molecule has 0 aliphatic carbocycles. The molecule has 4 nitrogen and oxygen atoms in total. The number of hydrogen-bond acceptors (Lipinski definition) is 4. The quantitative estimate of drug-likeness (QED) is 0.903. The fraction of sp³-hybridized carbons (Fsp3) is 0.429. The van der Waals surface area contributed by atoms with Gasteiger partial charge >= 0.3 is 0 Å². The third kappa shape index (κ3) is 2.26. The molecule has 0 saturated carbocycles. The van der Waals surface area contributed by atoms with Crippen molar-refractivity contribution in [3.05, 3.63) is 35.5 Å². The Bertz CT molecular complexity index is 596. The Morgan fingerprint density at radius 2 is 2.26 bits per heavy atom. The topological polar surface area (TPSA) is 51.0 Å². The summed E-state index contributed by atoms with van der Waals surface area (Å²) in [5.74, 6) is 1.25. The van der Waals surface area contributed by atoms with Crippen LogP contribution in [0.15, 0.2) is 22.7 Å². The van der Waals surface area contributed by atoms with Gasteiger partial charge in [0.1, 0.15) is 5.82 Å². The first-order valence-corrected chi connectivity index (χ1v) is 6.48. The zero-order valence-corrected chi connectivity index (χ0v) is 11.0. The molecule has 2 aromatic rings. The number of nitrogens with zero attached hydrogens (tertiary/aromatic N) is 2. The van der Waals surface area contributed by atoms with Crippen LogP contribution >= 0.6 is 0 Å². The minimum absolute atomic E-state index is 0.108. The fourth-order valence-corrected chi connectivity index (χ4v) is 2.38. The molecule has 1 saturated heterocycles. The number of aromatic nitrogens is 2. The lowest BCUT2D eigenvalue weighted by molar-refractivity contribution is 0.319. The van der Waals surface area contributed by atoms with Crippen LogP contribution in [0.25, 0.3) is 11.4 Å². The van der Waals surface area contributed by atoms with Crippen molar-refractivity contribution in [2.45, 2.75) is 26.3 Å². The van der Waals surface area contributed by atoms with Gasteiger partial charge in [-0.25, -0.2) is 4.39 Å². The Morgan fingerprint density at radius 1 is 1.42 bits per heavy atom. The van der Waals surface area contributed by atoms with E-state index in [1.165, 1.54) is 6.07 Å². The highest BCUT2D eigenvalue weighted by molar-refractivity contribution is 5.55. The van der Waals surface area contributed by atoms with Crippen molar-refractivity contribution in [3.63, 3.8) is 0 Å². The summed E-state index contributed by atoms with van der Waals surface area (Å²) in [6.07, 6.45) is 1.10. The van der Waals surface area contributed by atoms with Gasteiger partial charge < -0.3 is 9.84 Å². The molecule has 100 valence electrons. The first kappa shape index (κ1) is 12.3. The van der Waals surface area contributed by atoms with Gasteiger partial charge in [-0.05, 0) is 37.4 Å². The molecule has 1 aliphatic heterocycles. The zero-order valence-electron chi connectivity index (χ0n) is 11.0. The Kier molecular flexibility index (Phi) is 3.06. The molecule has 19 heavy (non-hydrogen) atoms. The van der Waals surface area contributed by atoms with Crippen LogP contribution in [-0.2, 0) is 0 Å². The summed E-state index contributed by atoms with van der Waals surface area (Å²) >= 11 is 0. The van der Waals surface area contributed by atoms with Gasteiger partial charge in [-0.2, -0.15) is 4.98 Å². The van der Waals surface area contributed by atoms with E-state index in [0.717, 1.165) is 13.0 Å². The summed E-state index contributed by atoms with van der Waals surface area (Å²) in [6.45, 7) is 4.84. The molecule has 1 aromatic heterocycles. The Hall–Kier alpha value is -1.75. The third-order valence-corrected chi connectivity index (χ3v) is 3.67. The summed E-state index contributed by atoms with van der Waals surface area (Å²) in [4.78, 5) is 4.38. The van der Waals surface area contributed by atoms with Crippen molar-refractivity contribution in [1.29, 1.82) is 0 Å². The van der Waals surface area contributed by atoms with Gasteiger partial charge in [0.15, 0.2) is 0 Å². The lowest BCUT2D eigenvalue weighted by atomic mass is 10.0. The van der Waals surface area contributed by atoms with Crippen molar-refractivity contribution in [1.82, 2.24) is 15.5 Å². The van der Waals surface area contributed by atoms with E-state index in [1.807, 2.05) is 0 Å². The monoisotopic (exact) mass is 261 g/mol. The number of rotatable bonds is 2. The summed E-state index contributed by atoms with van der Waals surface area (Å²) in [6, 6.07) is 5.07. The van der Waals surface area contributed by atoms with Crippen LogP contribution in [0.5, 0.6) is 0 Å². The van der Waals surface area contributed by atoms with E-state index in [-0.39, 0.29) is 11.9 Å². The molecule has 1 N–H and O–H groups in total. The average molecular weight is 261 g/mol. The van der Waals surface area contributed by atoms with Crippen LogP contribution < -0.4 is 5.32 Å². The number of benzene rings is 1. The predicted molar refractivity (Wildman–Crippen MR) is 69.0 cm³/mol. The molecule has 0 bridgehead atoms. The zero-order chi connectivity index (χ0) is 13.4. The maximum absolute atomic E-state index is 13.5. The molecule has 2 heterocycles. The molecule has 0 spiro atoms. The summed E-state index contributed by atoms with van der Waals surface area (Å²) < 4.78 is 18.8. The molecule has 2 unspecified atom stereocenters. The summed E-state index contributed by atoms with van der Waals surface area (Å²) in [7, 11) is 0. The smallest absolute Gasteiger partial charge is 0.244 e. The minimum atomic E-state index is -0.254. The molecule has 1 aromatic carbocycles. The van der Waals surface area contributed by atoms with Crippen LogP contribution in [0.3, 0.4) is 0 Å². The van der Waals surface area contributed by atoms with Crippen LogP contribution in [0.2, 0.25) is 0 Å². The van der Waals surface area contributed by atoms with E-state index in [1.54, 1.807) is 19.1 Å². The molecule has 5 heteroatoms. The molecule has 0 radical (unpaired) electrons. The second-order valence-corrected chi connectivity index (χ2v) is 5.12. The first-order valence-electron chi connectivity index (χ1n) is 6.48. The van der Waals surface area contributed by atoms with E-state index in [2.05, 4.69) is 22.4 Å². The van der Waals surface area contributed by atoms with E-state index in [9.17, 15) is 4.39 Å². The summed E-state index contributed by atoms with van der Waals surface area (Å²) in [5.41, 5.74) is 1.25. The molecule has 1 fully saturated rings. The first-order chi connectivity index (χ1) is 9.15. The number of nitrogens with one attached hydrogen (secondary N) is 1.